The number of rotatable bonds is 4. The number of hydrogen-bond donors (Lipinski definition) is 1. The number of hydrogen-bond acceptors (Lipinski definition) is 4. The van der Waals surface area contributed by atoms with E-state index >= 15 is 0 Å². The van der Waals surface area contributed by atoms with E-state index in [0.29, 0.717) is 22.2 Å². The second kappa shape index (κ2) is 6.84. The number of nitrogens with one attached hydrogen (secondary N) is 1. The Morgan fingerprint density at radius 3 is 2.96 bits per heavy atom. The molecule has 1 amide bonds. The van der Waals surface area contributed by atoms with Crippen molar-refractivity contribution in [1.29, 1.82) is 5.26 Å². The number of thiophene rings is 1. The molecule has 1 atom stereocenters. The van der Waals surface area contributed by atoms with Gasteiger partial charge in [0, 0.05) is 4.88 Å². The molecule has 1 aromatic heterocycles. The monoisotopic (exact) mass is 326 g/mol. The summed E-state index contributed by atoms with van der Waals surface area (Å²) in [4.78, 5) is 13.3. The molecule has 0 saturated carbocycles. The highest BCUT2D eigenvalue weighted by molar-refractivity contribution is 7.16. The van der Waals surface area contributed by atoms with Crippen molar-refractivity contribution in [2.24, 2.45) is 5.92 Å². The predicted octanol–water partition coefficient (Wildman–Crippen LogP) is 3.76. The first-order valence-corrected chi connectivity index (χ1v) is 8.51. The predicted molar refractivity (Wildman–Crippen MR) is 90.8 cm³/mol. The van der Waals surface area contributed by atoms with Gasteiger partial charge in [-0.1, -0.05) is 25.1 Å². The first-order valence-electron chi connectivity index (χ1n) is 7.69. The van der Waals surface area contributed by atoms with Gasteiger partial charge >= 0.3 is 0 Å². The van der Waals surface area contributed by atoms with Crippen LogP contribution in [0.5, 0.6) is 5.75 Å². The lowest BCUT2D eigenvalue weighted by Gasteiger charge is -2.17. The van der Waals surface area contributed by atoms with Crippen molar-refractivity contribution < 1.29 is 9.53 Å². The van der Waals surface area contributed by atoms with E-state index in [0.717, 1.165) is 24.8 Å². The van der Waals surface area contributed by atoms with Crippen LogP contribution in [-0.4, -0.2) is 12.5 Å². The molecule has 0 radical (unpaired) electrons. The molecule has 0 fully saturated rings. The van der Waals surface area contributed by atoms with Crippen LogP contribution in [0.2, 0.25) is 0 Å². The quantitative estimate of drug-likeness (QED) is 0.930. The molecule has 4 nitrogen and oxygen atoms in total. The molecule has 2 aromatic rings. The average molecular weight is 326 g/mol. The van der Waals surface area contributed by atoms with E-state index in [1.165, 1.54) is 16.2 Å². The van der Waals surface area contributed by atoms with Gasteiger partial charge in [0.2, 0.25) is 0 Å². The van der Waals surface area contributed by atoms with Crippen molar-refractivity contribution in [2.45, 2.75) is 26.2 Å². The summed E-state index contributed by atoms with van der Waals surface area (Å²) < 4.78 is 5.44. The Balaban J connectivity index is 1.68. The van der Waals surface area contributed by atoms with Crippen LogP contribution in [-0.2, 0) is 17.6 Å². The van der Waals surface area contributed by atoms with Crippen LogP contribution >= 0.6 is 11.3 Å². The van der Waals surface area contributed by atoms with Gasteiger partial charge in [-0.15, -0.1) is 11.3 Å². The molecule has 0 spiro atoms. The summed E-state index contributed by atoms with van der Waals surface area (Å²) in [5, 5.41) is 12.9. The molecule has 1 aromatic carbocycles. The summed E-state index contributed by atoms with van der Waals surface area (Å²) in [6, 6.07) is 11.5. The van der Waals surface area contributed by atoms with Crippen LogP contribution in [0.1, 0.15) is 29.3 Å². The maximum absolute atomic E-state index is 12.1. The minimum atomic E-state index is -0.239. The number of nitrogens with zero attached hydrogens (tertiary/aromatic N) is 1. The Labute approximate surface area is 139 Å². The first-order chi connectivity index (χ1) is 11.2. The van der Waals surface area contributed by atoms with Crippen molar-refractivity contribution in [1.82, 2.24) is 0 Å². The van der Waals surface area contributed by atoms with Crippen LogP contribution in [0.4, 0.5) is 5.00 Å². The van der Waals surface area contributed by atoms with E-state index in [4.69, 9.17) is 4.74 Å². The highest BCUT2D eigenvalue weighted by atomic mass is 32.1. The number of aryl methyl sites for hydroxylation is 1. The molecule has 0 bridgehead atoms. The Morgan fingerprint density at radius 2 is 2.22 bits per heavy atom. The molecule has 0 unspecified atom stereocenters. The highest BCUT2D eigenvalue weighted by Gasteiger charge is 2.24. The zero-order chi connectivity index (χ0) is 16.2. The van der Waals surface area contributed by atoms with Gasteiger partial charge in [0.15, 0.2) is 6.61 Å². The number of ether oxygens (including phenoxy) is 1. The van der Waals surface area contributed by atoms with Gasteiger partial charge in [0.25, 0.3) is 5.91 Å². The van der Waals surface area contributed by atoms with E-state index in [1.807, 2.05) is 18.2 Å². The maximum atomic E-state index is 12.1. The standard InChI is InChI=1S/C18H18N2O2S/c1-12-7-8-16-14(9-12)15(10-19)18(23-16)20-17(21)11-22-13-5-3-2-4-6-13/h2-6,12H,7-9,11H2,1H3,(H,20,21)/t12-/m0/s1. The molecular formula is C18H18N2O2S. The van der Waals surface area contributed by atoms with E-state index in [2.05, 4.69) is 18.3 Å². The number of carbonyl (C=O) groups is 1. The van der Waals surface area contributed by atoms with Crippen LogP contribution in [0.15, 0.2) is 30.3 Å². The Bertz CT molecular complexity index is 746. The smallest absolute Gasteiger partial charge is 0.262 e. The summed E-state index contributed by atoms with van der Waals surface area (Å²) >= 11 is 1.53. The number of nitriles is 1. The summed E-state index contributed by atoms with van der Waals surface area (Å²) in [7, 11) is 0. The molecule has 0 saturated heterocycles. The molecule has 1 N–H and O–H groups in total. The minimum absolute atomic E-state index is 0.0617. The van der Waals surface area contributed by atoms with Gasteiger partial charge in [-0.25, -0.2) is 0 Å². The molecule has 0 aliphatic heterocycles. The molecular weight excluding hydrogens is 308 g/mol. The number of benzene rings is 1. The van der Waals surface area contributed by atoms with Crippen molar-refractivity contribution in [3.63, 3.8) is 0 Å². The van der Waals surface area contributed by atoms with Gasteiger partial charge in [-0.3, -0.25) is 4.79 Å². The Morgan fingerprint density at radius 1 is 1.43 bits per heavy atom. The third kappa shape index (κ3) is 3.54. The normalized spacial score (nSPS) is 16.3. The lowest BCUT2D eigenvalue weighted by atomic mass is 9.88. The van der Waals surface area contributed by atoms with Crippen molar-refractivity contribution in [3.05, 3.63) is 46.3 Å². The fourth-order valence-corrected chi connectivity index (χ4v) is 4.00. The fraction of sp³-hybridized carbons (Fsp3) is 0.333. The summed E-state index contributed by atoms with van der Waals surface area (Å²) in [5.41, 5.74) is 1.75. The Hall–Kier alpha value is -2.32. The van der Waals surface area contributed by atoms with Crippen LogP contribution < -0.4 is 10.1 Å². The van der Waals surface area contributed by atoms with Gasteiger partial charge in [-0.05, 0) is 42.9 Å². The zero-order valence-electron chi connectivity index (χ0n) is 13.0. The number of carbonyl (C=O) groups excluding carboxylic acids is 1. The van der Waals surface area contributed by atoms with Gasteiger partial charge < -0.3 is 10.1 Å². The molecule has 118 valence electrons. The highest BCUT2D eigenvalue weighted by Crippen LogP contribution is 2.39. The number of amides is 1. The molecule has 1 aliphatic carbocycles. The van der Waals surface area contributed by atoms with Gasteiger partial charge in [-0.2, -0.15) is 5.26 Å². The summed E-state index contributed by atoms with van der Waals surface area (Å²) in [5.74, 6) is 1.01. The van der Waals surface area contributed by atoms with Crippen LogP contribution in [0.25, 0.3) is 0 Å². The molecule has 1 heterocycles. The van der Waals surface area contributed by atoms with E-state index in [1.54, 1.807) is 12.1 Å². The topological polar surface area (TPSA) is 62.1 Å². The van der Waals surface area contributed by atoms with Crippen molar-refractivity contribution >= 4 is 22.2 Å². The minimum Gasteiger partial charge on any atom is -0.484 e. The molecule has 5 heteroatoms. The maximum Gasteiger partial charge on any atom is 0.262 e. The second-order valence-electron chi connectivity index (χ2n) is 5.82. The number of fused-ring (bicyclic) bond motifs is 1. The molecule has 3 rings (SSSR count). The zero-order valence-corrected chi connectivity index (χ0v) is 13.8. The largest absolute Gasteiger partial charge is 0.484 e. The van der Waals surface area contributed by atoms with Gasteiger partial charge in [0.1, 0.15) is 16.8 Å². The van der Waals surface area contributed by atoms with Crippen LogP contribution in [0.3, 0.4) is 0 Å². The summed E-state index contributed by atoms with van der Waals surface area (Å²) in [6.45, 7) is 2.14. The lowest BCUT2D eigenvalue weighted by molar-refractivity contribution is -0.118. The van der Waals surface area contributed by atoms with Gasteiger partial charge in [0.05, 0.1) is 5.56 Å². The fourth-order valence-electron chi connectivity index (χ4n) is 2.79. The van der Waals surface area contributed by atoms with Crippen molar-refractivity contribution in [2.75, 3.05) is 11.9 Å². The van der Waals surface area contributed by atoms with Crippen molar-refractivity contribution in [3.8, 4) is 11.8 Å². The molecule has 23 heavy (non-hydrogen) atoms. The summed E-state index contributed by atoms with van der Waals surface area (Å²) in [6.07, 6.45) is 3.06. The number of para-hydroxylation sites is 1. The van der Waals surface area contributed by atoms with Crippen LogP contribution in [0, 0.1) is 17.2 Å². The molecule has 1 aliphatic rings. The number of anilines is 1. The first kappa shape index (κ1) is 15.6. The SMILES string of the molecule is C[C@H]1CCc2sc(NC(=O)COc3ccccc3)c(C#N)c2C1. The second-order valence-corrected chi connectivity index (χ2v) is 6.92. The van der Waals surface area contributed by atoms with E-state index < -0.39 is 0 Å². The lowest BCUT2D eigenvalue weighted by Crippen LogP contribution is -2.20. The van der Waals surface area contributed by atoms with E-state index in [9.17, 15) is 10.1 Å². The Kier molecular flexibility index (Phi) is 4.63. The third-order valence-corrected chi connectivity index (χ3v) is 5.19. The van der Waals surface area contributed by atoms with E-state index in [-0.39, 0.29) is 12.5 Å². The average Bonchev–Trinajstić information content (AvgIpc) is 2.90. The third-order valence-electron chi connectivity index (χ3n) is 3.99.